The standard InChI is InChI=1S/C16H20N2O2/c1-10(16(19)20)9-14-5-7-15(8-6-14)18-13(4)11(2)12(3)17-18/h5-8,10H,9H2,1-4H3,(H,19,20). The SMILES string of the molecule is Cc1nn(-c2ccc(CC(C)C(=O)O)cc2)c(C)c1C. The van der Waals surface area contributed by atoms with Crippen LogP contribution in [0.5, 0.6) is 0 Å². The fraction of sp³-hybridized carbons (Fsp3) is 0.375. The topological polar surface area (TPSA) is 55.1 Å². The second-order valence-corrected chi connectivity index (χ2v) is 5.32. The molecule has 0 saturated carbocycles. The van der Waals surface area contributed by atoms with E-state index in [2.05, 4.69) is 18.9 Å². The van der Waals surface area contributed by atoms with E-state index in [1.165, 1.54) is 5.56 Å². The van der Waals surface area contributed by atoms with Gasteiger partial charge in [-0.05, 0) is 50.5 Å². The van der Waals surface area contributed by atoms with E-state index in [0.717, 1.165) is 22.6 Å². The Morgan fingerprint density at radius 2 is 1.85 bits per heavy atom. The molecule has 106 valence electrons. The molecule has 0 aliphatic carbocycles. The van der Waals surface area contributed by atoms with Gasteiger partial charge in [0.25, 0.3) is 0 Å². The third kappa shape index (κ3) is 2.74. The Labute approximate surface area is 119 Å². The molecule has 0 aliphatic heterocycles. The smallest absolute Gasteiger partial charge is 0.306 e. The molecule has 0 amide bonds. The quantitative estimate of drug-likeness (QED) is 0.930. The fourth-order valence-corrected chi connectivity index (χ4v) is 2.19. The average Bonchev–Trinajstić information content (AvgIpc) is 2.67. The monoisotopic (exact) mass is 272 g/mol. The summed E-state index contributed by atoms with van der Waals surface area (Å²) in [6, 6.07) is 7.92. The molecule has 2 aromatic rings. The zero-order valence-corrected chi connectivity index (χ0v) is 12.3. The molecule has 1 aromatic carbocycles. The molecule has 0 saturated heterocycles. The molecule has 0 spiro atoms. The number of aromatic nitrogens is 2. The van der Waals surface area contributed by atoms with E-state index in [-0.39, 0.29) is 5.92 Å². The van der Waals surface area contributed by atoms with Gasteiger partial charge in [-0.3, -0.25) is 4.79 Å². The Kier molecular flexibility index (Phi) is 3.93. The first kappa shape index (κ1) is 14.3. The third-order valence-corrected chi connectivity index (χ3v) is 3.80. The van der Waals surface area contributed by atoms with Crippen molar-refractivity contribution in [1.82, 2.24) is 9.78 Å². The van der Waals surface area contributed by atoms with Gasteiger partial charge < -0.3 is 5.11 Å². The number of rotatable bonds is 4. The number of benzene rings is 1. The molecule has 1 aromatic heterocycles. The summed E-state index contributed by atoms with van der Waals surface area (Å²) >= 11 is 0. The predicted octanol–water partition coefficient (Wildman–Crippen LogP) is 3.06. The van der Waals surface area contributed by atoms with Gasteiger partial charge in [-0.25, -0.2) is 4.68 Å². The Morgan fingerprint density at radius 1 is 1.25 bits per heavy atom. The maximum Gasteiger partial charge on any atom is 0.306 e. The minimum Gasteiger partial charge on any atom is -0.481 e. The molecule has 1 N–H and O–H groups in total. The predicted molar refractivity (Wildman–Crippen MR) is 78.3 cm³/mol. The van der Waals surface area contributed by atoms with Crippen molar-refractivity contribution in [3.63, 3.8) is 0 Å². The van der Waals surface area contributed by atoms with E-state index in [9.17, 15) is 4.79 Å². The van der Waals surface area contributed by atoms with Crippen LogP contribution in [0.15, 0.2) is 24.3 Å². The Balaban J connectivity index is 2.24. The normalized spacial score (nSPS) is 12.4. The van der Waals surface area contributed by atoms with Crippen molar-refractivity contribution in [2.75, 3.05) is 0 Å². The summed E-state index contributed by atoms with van der Waals surface area (Å²) in [4.78, 5) is 10.9. The van der Waals surface area contributed by atoms with E-state index in [4.69, 9.17) is 5.11 Å². The van der Waals surface area contributed by atoms with E-state index in [1.807, 2.05) is 35.9 Å². The van der Waals surface area contributed by atoms with Crippen molar-refractivity contribution in [3.8, 4) is 5.69 Å². The van der Waals surface area contributed by atoms with Gasteiger partial charge in [0.05, 0.1) is 17.3 Å². The van der Waals surface area contributed by atoms with Crippen LogP contribution in [-0.4, -0.2) is 20.9 Å². The first-order valence-corrected chi connectivity index (χ1v) is 6.75. The molecule has 1 heterocycles. The van der Waals surface area contributed by atoms with E-state index in [1.54, 1.807) is 6.92 Å². The van der Waals surface area contributed by atoms with Crippen LogP contribution in [0.25, 0.3) is 5.69 Å². The molecule has 20 heavy (non-hydrogen) atoms. The molecule has 1 unspecified atom stereocenters. The van der Waals surface area contributed by atoms with Crippen LogP contribution in [0.2, 0.25) is 0 Å². The minimum absolute atomic E-state index is 0.364. The van der Waals surface area contributed by atoms with E-state index >= 15 is 0 Å². The maximum absolute atomic E-state index is 10.9. The largest absolute Gasteiger partial charge is 0.481 e. The van der Waals surface area contributed by atoms with Gasteiger partial charge >= 0.3 is 5.97 Å². The van der Waals surface area contributed by atoms with Crippen LogP contribution in [0, 0.1) is 26.7 Å². The molecule has 0 aliphatic rings. The van der Waals surface area contributed by atoms with Crippen molar-refractivity contribution in [1.29, 1.82) is 0 Å². The number of hydrogen-bond donors (Lipinski definition) is 1. The lowest BCUT2D eigenvalue weighted by atomic mass is 10.0. The average molecular weight is 272 g/mol. The second-order valence-electron chi connectivity index (χ2n) is 5.32. The van der Waals surface area contributed by atoms with Gasteiger partial charge in [0.1, 0.15) is 0 Å². The van der Waals surface area contributed by atoms with Gasteiger partial charge in [-0.2, -0.15) is 5.10 Å². The summed E-state index contributed by atoms with van der Waals surface area (Å²) in [7, 11) is 0. The highest BCUT2D eigenvalue weighted by Gasteiger charge is 2.12. The number of hydrogen-bond acceptors (Lipinski definition) is 2. The Morgan fingerprint density at radius 3 is 2.30 bits per heavy atom. The number of nitrogens with zero attached hydrogens (tertiary/aromatic N) is 2. The number of carbonyl (C=O) groups is 1. The highest BCUT2D eigenvalue weighted by atomic mass is 16.4. The van der Waals surface area contributed by atoms with Gasteiger partial charge in [0.2, 0.25) is 0 Å². The van der Waals surface area contributed by atoms with Crippen molar-refractivity contribution < 1.29 is 9.90 Å². The minimum atomic E-state index is -0.761. The zero-order valence-electron chi connectivity index (χ0n) is 12.3. The Hall–Kier alpha value is -2.10. The first-order chi connectivity index (χ1) is 9.40. The van der Waals surface area contributed by atoms with Crippen LogP contribution in [0.3, 0.4) is 0 Å². The zero-order chi connectivity index (χ0) is 14.9. The molecule has 0 radical (unpaired) electrons. The summed E-state index contributed by atoms with van der Waals surface area (Å²) in [6.45, 7) is 7.84. The van der Waals surface area contributed by atoms with Gasteiger partial charge in [-0.15, -0.1) is 0 Å². The van der Waals surface area contributed by atoms with Crippen LogP contribution in [0.4, 0.5) is 0 Å². The van der Waals surface area contributed by atoms with Crippen molar-refractivity contribution >= 4 is 5.97 Å². The second kappa shape index (κ2) is 5.49. The third-order valence-electron chi connectivity index (χ3n) is 3.80. The van der Waals surface area contributed by atoms with Gasteiger partial charge in [0, 0.05) is 5.69 Å². The van der Waals surface area contributed by atoms with Crippen molar-refractivity contribution in [3.05, 3.63) is 46.8 Å². The molecule has 0 bridgehead atoms. The molecule has 0 fully saturated rings. The van der Waals surface area contributed by atoms with Gasteiger partial charge in [0.15, 0.2) is 0 Å². The molecule has 4 nitrogen and oxygen atoms in total. The van der Waals surface area contributed by atoms with Crippen molar-refractivity contribution in [2.45, 2.75) is 34.1 Å². The van der Waals surface area contributed by atoms with Crippen molar-refractivity contribution in [2.24, 2.45) is 5.92 Å². The summed E-state index contributed by atoms with van der Waals surface area (Å²) in [5.41, 5.74) is 5.40. The maximum atomic E-state index is 10.9. The molecular formula is C16H20N2O2. The lowest BCUT2D eigenvalue weighted by Crippen LogP contribution is -2.12. The van der Waals surface area contributed by atoms with E-state index < -0.39 is 5.97 Å². The number of carboxylic acid groups (broad SMARTS) is 1. The van der Waals surface area contributed by atoms with Gasteiger partial charge in [-0.1, -0.05) is 19.1 Å². The lowest BCUT2D eigenvalue weighted by molar-refractivity contribution is -0.141. The Bertz CT molecular complexity index is 627. The first-order valence-electron chi connectivity index (χ1n) is 6.75. The summed E-state index contributed by atoms with van der Waals surface area (Å²) in [5.74, 6) is -1.12. The van der Waals surface area contributed by atoms with Crippen LogP contribution in [0.1, 0.15) is 29.4 Å². The van der Waals surface area contributed by atoms with Crippen LogP contribution >= 0.6 is 0 Å². The summed E-state index contributed by atoms with van der Waals surface area (Å²) < 4.78 is 1.93. The lowest BCUT2D eigenvalue weighted by Gasteiger charge is -2.08. The number of aryl methyl sites for hydroxylation is 1. The molecule has 1 atom stereocenters. The number of carboxylic acids is 1. The molecule has 2 rings (SSSR count). The fourth-order valence-electron chi connectivity index (χ4n) is 2.19. The van der Waals surface area contributed by atoms with Crippen LogP contribution in [-0.2, 0) is 11.2 Å². The van der Waals surface area contributed by atoms with Crippen LogP contribution < -0.4 is 0 Å². The number of aliphatic carboxylic acids is 1. The molecule has 4 heteroatoms. The summed E-state index contributed by atoms with van der Waals surface area (Å²) in [5, 5.41) is 13.5. The van der Waals surface area contributed by atoms with E-state index in [0.29, 0.717) is 6.42 Å². The highest BCUT2D eigenvalue weighted by Crippen LogP contribution is 2.18. The highest BCUT2D eigenvalue weighted by molar-refractivity contribution is 5.69. The molecular weight excluding hydrogens is 252 g/mol. The summed E-state index contributed by atoms with van der Waals surface area (Å²) in [6.07, 6.45) is 0.547.